The van der Waals surface area contributed by atoms with Crippen molar-refractivity contribution in [3.05, 3.63) is 57.1 Å². The largest absolute Gasteiger partial charge is 0.462 e. The molecular weight excluding hydrogens is 428 g/mol. The highest BCUT2D eigenvalue weighted by atomic mass is 35.5. The van der Waals surface area contributed by atoms with Crippen molar-refractivity contribution in [3.8, 4) is 0 Å². The van der Waals surface area contributed by atoms with Crippen LogP contribution < -0.4 is 4.90 Å². The number of ether oxygens (including phenoxy) is 1. The zero-order chi connectivity index (χ0) is 20.5. The van der Waals surface area contributed by atoms with Crippen LogP contribution in [0.25, 0.3) is 10.2 Å². The minimum absolute atomic E-state index is 0.260. The topological polar surface area (TPSA) is 68.2 Å². The first-order chi connectivity index (χ1) is 14.0. The monoisotopic (exact) mass is 444 g/mol. The Morgan fingerprint density at radius 2 is 2.00 bits per heavy atom. The molecule has 0 unspecified atom stereocenters. The van der Waals surface area contributed by atoms with E-state index in [2.05, 4.69) is 16.0 Å². The van der Waals surface area contributed by atoms with Crippen molar-refractivity contribution in [2.45, 2.75) is 20.8 Å². The highest BCUT2D eigenvalue weighted by Gasteiger charge is 2.29. The van der Waals surface area contributed by atoms with Gasteiger partial charge in [0, 0.05) is 33.7 Å². The molecule has 0 saturated heterocycles. The van der Waals surface area contributed by atoms with Crippen molar-refractivity contribution in [1.82, 2.24) is 15.0 Å². The van der Waals surface area contributed by atoms with Crippen LogP contribution in [0.4, 0.5) is 16.6 Å². The molecule has 0 aromatic carbocycles. The Labute approximate surface area is 180 Å². The van der Waals surface area contributed by atoms with Crippen LogP contribution in [0.15, 0.2) is 36.8 Å². The van der Waals surface area contributed by atoms with Crippen molar-refractivity contribution in [2.24, 2.45) is 0 Å². The average molecular weight is 445 g/mol. The summed E-state index contributed by atoms with van der Waals surface area (Å²) in [4.78, 5) is 30.8. The first-order valence-electron chi connectivity index (χ1n) is 8.89. The number of pyridine rings is 1. The standard InChI is InChI=1S/C20H17ClN4O2S2/c1-4-27-19(26)15-16(21)12(3)29-18(15)25(14-5-7-22-8-6-14)20-23-10-13-9-11(2)28-17(13)24-20/h5-10H,4H2,1-3H3. The predicted octanol–water partition coefficient (Wildman–Crippen LogP) is 6.06. The second-order valence-corrected chi connectivity index (χ2v) is 9.02. The third kappa shape index (κ3) is 3.71. The Kier molecular flexibility index (Phi) is 5.49. The molecule has 0 atom stereocenters. The zero-order valence-corrected chi connectivity index (χ0v) is 18.4. The lowest BCUT2D eigenvalue weighted by Gasteiger charge is -2.22. The molecule has 9 heteroatoms. The van der Waals surface area contributed by atoms with Crippen LogP contribution in [0.1, 0.15) is 27.0 Å². The highest BCUT2D eigenvalue weighted by Crippen LogP contribution is 2.45. The van der Waals surface area contributed by atoms with Crippen molar-refractivity contribution >= 4 is 67.1 Å². The maximum absolute atomic E-state index is 12.7. The van der Waals surface area contributed by atoms with Crippen molar-refractivity contribution in [2.75, 3.05) is 11.5 Å². The Hall–Kier alpha value is -2.55. The van der Waals surface area contributed by atoms with Crippen LogP contribution in [0.3, 0.4) is 0 Å². The van der Waals surface area contributed by atoms with Crippen LogP contribution in [0, 0.1) is 13.8 Å². The number of rotatable bonds is 5. The molecule has 4 heterocycles. The lowest BCUT2D eigenvalue weighted by molar-refractivity contribution is 0.0528. The molecule has 4 aromatic rings. The van der Waals surface area contributed by atoms with Gasteiger partial charge in [0.15, 0.2) is 0 Å². The van der Waals surface area contributed by atoms with Crippen LogP contribution in [-0.2, 0) is 4.74 Å². The Bertz CT molecular complexity index is 1190. The van der Waals surface area contributed by atoms with Crippen LogP contribution in [-0.4, -0.2) is 27.5 Å². The third-order valence-corrected chi connectivity index (χ3v) is 6.81. The quantitative estimate of drug-likeness (QED) is 0.348. The number of aromatic nitrogens is 3. The number of hydrogen-bond acceptors (Lipinski definition) is 8. The van der Waals surface area contributed by atoms with Gasteiger partial charge in [-0.25, -0.2) is 14.8 Å². The van der Waals surface area contributed by atoms with E-state index in [0.29, 0.717) is 21.5 Å². The molecule has 0 N–H and O–H groups in total. The van der Waals surface area contributed by atoms with Crippen molar-refractivity contribution < 1.29 is 9.53 Å². The molecule has 0 amide bonds. The van der Waals surface area contributed by atoms with E-state index < -0.39 is 5.97 Å². The first-order valence-corrected chi connectivity index (χ1v) is 10.9. The highest BCUT2D eigenvalue weighted by molar-refractivity contribution is 7.18. The third-order valence-electron chi connectivity index (χ3n) is 4.18. The molecule has 0 spiro atoms. The van der Waals surface area contributed by atoms with E-state index >= 15 is 0 Å². The molecule has 4 rings (SSSR count). The predicted molar refractivity (Wildman–Crippen MR) is 118 cm³/mol. The molecule has 0 radical (unpaired) electrons. The van der Waals surface area contributed by atoms with E-state index in [9.17, 15) is 4.79 Å². The minimum atomic E-state index is -0.469. The lowest BCUT2D eigenvalue weighted by Crippen LogP contribution is -2.16. The summed E-state index contributed by atoms with van der Waals surface area (Å²) in [5.41, 5.74) is 1.09. The van der Waals surface area contributed by atoms with E-state index in [4.69, 9.17) is 21.3 Å². The maximum atomic E-state index is 12.7. The van der Waals surface area contributed by atoms with Gasteiger partial charge in [0.05, 0.1) is 17.3 Å². The van der Waals surface area contributed by atoms with E-state index in [1.165, 1.54) is 11.3 Å². The number of nitrogens with zero attached hydrogens (tertiary/aromatic N) is 4. The number of anilines is 3. The van der Waals surface area contributed by atoms with E-state index in [1.807, 2.05) is 30.9 Å². The normalized spacial score (nSPS) is 11.0. The minimum Gasteiger partial charge on any atom is -0.462 e. The molecule has 0 bridgehead atoms. The van der Waals surface area contributed by atoms with Gasteiger partial charge in [-0.3, -0.25) is 9.88 Å². The molecular formula is C20H17ClN4O2S2. The number of halogens is 1. The number of esters is 1. The number of aryl methyl sites for hydroxylation is 2. The van der Waals surface area contributed by atoms with Gasteiger partial charge in [-0.05, 0) is 39.0 Å². The summed E-state index contributed by atoms with van der Waals surface area (Å²) in [6.07, 6.45) is 5.16. The van der Waals surface area contributed by atoms with Crippen molar-refractivity contribution in [3.63, 3.8) is 0 Å². The van der Waals surface area contributed by atoms with E-state index in [0.717, 1.165) is 25.7 Å². The van der Waals surface area contributed by atoms with E-state index in [1.54, 1.807) is 36.9 Å². The van der Waals surface area contributed by atoms with E-state index in [-0.39, 0.29) is 6.61 Å². The average Bonchev–Trinajstić information content (AvgIpc) is 3.21. The number of carbonyl (C=O) groups excluding carboxylic acids is 1. The van der Waals surface area contributed by atoms with Crippen LogP contribution >= 0.6 is 34.3 Å². The summed E-state index contributed by atoms with van der Waals surface area (Å²) in [7, 11) is 0. The second kappa shape index (κ2) is 8.06. The number of carbonyl (C=O) groups is 1. The Balaban J connectivity index is 1.95. The lowest BCUT2D eigenvalue weighted by atomic mass is 10.2. The number of hydrogen-bond donors (Lipinski definition) is 0. The molecule has 0 aliphatic rings. The van der Waals surface area contributed by atoms with Crippen molar-refractivity contribution in [1.29, 1.82) is 0 Å². The Morgan fingerprint density at radius 3 is 2.72 bits per heavy atom. The van der Waals surface area contributed by atoms with Gasteiger partial charge < -0.3 is 4.74 Å². The maximum Gasteiger partial charge on any atom is 0.342 e. The summed E-state index contributed by atoms with van der Waals surface area (Å²) >= 11 is 9.49. The smallest absolute Gasteiger partial charge is 0.342 e. The summed E-state index contributed by atoms with van der Waals surface area (Å²) < 4.78 is 5.26. The van der Waals surface area contributed by atoms with Gasteiger partial charge in [0.1, 0.15) is 15.4 Å². The molecule has 4 aromatic heterocycles. The van der Waals surface area contributed by atoms with Crippen LogP contribution in [0.5, 0.6) is 0 Å². The molecule has 29 heavy (non-hydrogen) atoms. The zero-order valence-electron chi connectivity index (χ0n) is 16.0. The first kappa shape index (κ1) is 19.8. The summed E-state index contributed by atoms with van der Waals surface area (Å²) in [5, 5.41) is 1.98. The van der Waals surface area contributed by atoms with Gasteiger partial charge in [-0.2, -0.15) is 0 Å². The molecule has 0 saturated carbocycles. The fourth-order valence-electron chi connectivity index (χ4n) is 2.92. The summed E-state index contributed by atoms with van der Waals surface area (Å²) in [5.74, 6) is -0.0158. The Morgan fingerprint density at radius 1 is 1.24 bits per heavy atom. The summed E-state index contributed by atoms with van der Waals surface area (Å²) in [6.45, 7) is 5.93. The molecule has 0 aliphatic carbocycles. The van der Waals surface area contributed by atoms with Gasteiger partial charge in [0.2, 0.25) is 5.95 Å². The van der Waals surface area contributed by atoms with Gasteiger partial charge in [0.25, 0.3) is 0 Å². The molecule has 0 fully saturated rings. The van der Waals surface area contributed by atoms with Crippen LogP contribution in [0.2, 0.25) is 5.02 Å². The second-order valence-electron chi connectivity index (χ2n) is 6.20. The van der Waals surface area contributed by atoms with Gasteiger partial charge in [-0.1, -0.05) is 11.6 Å². The number of fused-ring (bicyclic) bond motifs is 1. The fraction of sp³-hybridized carbons (Fsp3) is 0.200. The molecule has 0 aliphatic heterocycles. The van der Waals surface area contributed by atoms with Gasteiger partial charge >= 0.3 is 5.97 Å². The SMILES string of the molecule is CCOC(=O)c1c(N(c2ccncc2)c2ncc3cc(C)sc3n2)sc(C)c1Cl. The molecule has 6 nitrogen and oxygen atoms in total. The number of thiophene rings is 2. The fourth-order valence-corrected chi connectivity index (χ4v) is 5.15. The molecule has 148 valence electrons. The van der Waals surface area contributed by atoms with Gasteiger partial charge in [-0.15, -0.1) is 22.7 Å². The summed E-state index contributed by atoms with van der Waals surface area (Å²) in [6, 6.07) is 5.73.